The predicted molar refractivity (Wildman–Crippen MR) is 107 cm³/mol. The van der Waals surface area contributed by atoms with Crippen molar-refractivity contribution in [3.05, 3.63) is 89.5 Å². The third-order valence-electron chi connectivity index (χ3n) is 4.62. The number of halogens is 3. The third kappa shape index (κ3) is 5.44. The van der Waals surface area contributed by atoms with Gasteiger partial charge in [0.05, 0.1) is 19.8 Å². The molecule has 3 rings (SSSR count). The summed E-state index contributed by atoms with van der Waals surface area (Å²) in [5.74, 6) is 1.51. The summed E-state index contributed by atoms with van der Waals surface area (Å²) in [7, 11) is 3.21. The average molecular weight is 401 g/mol. The van der Waals surface area contributed by atoms with Crippen molar-refractivity contribution < 1.29 is 22.6 Å². The molecule has 0 aliphatic rings. The Bertz CT molecular complexity index is 855. The minimum Gasteiger partial charge on any atom is -0.497 e. The first-order valence-corrected chi connectivity index (χ1v) is 9.07. The van der Waals surface area contributed by atoms with Crippen LogP contribution < -0.4 is 14.4 Å². The van der Waals surface area contributed by atoms with Crippen LogP contribution in [-0.2, 0) is 19.3 Å². The lowest BCUT2D eigenvalue weighted by atomic mass is 10.1. The van der Waals surface area contributed by atoms with E-state index in [9.17, 15) is 13.2 Å². The van der Waals surface area contributed by atoms with E-state index in [1.807, 2.05) is 53.4 Å². The Labute approximate surface area is 168 Å². The van der Waals surface area contributed by atoms with Crippen LogP contribution in [0.1, 0.15) is 16.7 Å². The predicted octanol–water partition coefficient (Wildman–Crippen LogP) is 5.93. The highest BCUT2D eigenvalue weighted by Gasteiger charge is 2.30. The summed E-state index contributed by atoms with van der Waals surface area (Å²) in [6, 6.07) is 20.5. The largest absolute Gasteiger partial charge is 0.497 e. The molecule has 0 bridgehead atoms. The zero-order valence-electron chi connectivity index (χ0n) is 16.2. The Balaban J connectivity index is 1.86. The Kier molecular flexibility index (Phi) is 6.32. The molecule has 29 heavy (non-hydrogen) atoms. The molecule has 6 heteroatoms. The molecular formula is C23H22F3NO2. The van der Waals surface area contributed by atoms with Crippen LogP contribution in [0.25, 0.3) is 0 Å². The summed E-state index contributed by atoms with van der Waals surface area (Å²) in [5.41, 5.74) is 2.11. The summed E-state index contributed by atoms with van der Waals surface area (Å²) in [5, 5.41) is 0. The van der Waals surface area contributed by atoms with Crippen molar-refractivity contribution in [3.8, 4) is 11.5 Å². The Morgan fingerprint density at radius 2 is 1.07 bits per heavy atom. The molecule has 0 aliphatic heterocycles. The SMILES string of the molecule is COc1ccc(CN(Cc2ccc(OC)cc2)c2ccc(C(F)(F)F)cc2)cc1. The topological polar surface area (TPSA) is 21.7 Å². The second kappa shape index (κ2) is 8.90. The van der Waals surface area contributed by atoms with Gasteiger partial charge < -0.3 is 14.4 Å². The summed E-state index contributed by atoms with van der Waals surface area (Å²) >= 11 is 0. The smallest absolute Gasteiger partial charge is 0.416 e. The van der Waals surface area contributed by atoms with Crippen molar-refractivity contribution in [2.45, 2.75) is 19.3 Å². The van der Waals surface area contributed by atoms with Gasteiger partial charge in [0.25, 0.3) is 0 Å². The Morgan fingerprint density at radius 3 is 1.41 bits per heavy atom. The van der Waals surface area contributed by atoms with E-state index in [0.717, 1.165) is 34.8 Å². The van der Waals surface area contributed by atoms with Crippen molar-refractivity contribution in [2.75, 3.05) is 19.1 Å². The van der Waals surface area contributed by atoms with Crippen molar-refractivity contribution >= 4 is 5.69 Å². The van der Waals surface area contributed by atoms with E-state index >= 15 is 0 Å². The number of nitrogens with zero attached hydrogens (tertiary/aromatic N) is 1. The van der Waals surface area contributed by atoms with Gasteiger partial charge in [-0.2, -0.15) is 13.2 Å². The van der Waals surface area contributed by atoms with E-state index < -0.39 is 11.7 Å². The number of benzene rings is 3. The lowest BCUT2D eigenvalue weighted by molar-refractivity contribution is -0.137. The fraction of sp³-hybridized carbons (Fsp3) is 0.217. The standard InChI is InChI=1S/C23H22F3NO2/c1-28-21-11-3-17(4-12-21)15-27(16-18-5-13-22(29-2)14-6-18)20-9-7-19(8-10-20)23(24,25)26/h3-14H,15-16H2,1-2H3. The molecule has 0 aromatic heterocycles. The zero-order chi connectivity index (χ0) is 20.9. The lowest BCUT2D eigenvalue weighted by Crippen LogP contribution is -2.22. The van der Waals surface area contributed by atoms with Crippen molar-refractivity contribution in [3.63, 3.8) is 0 Å². The number of alkyl halides is 3. The van der Waals surface area contributed by atoms with E-state index in [-0.39, 0.29) is 0 Å². The van der Waals surface area contributed by atoms with Gasteiger partial charge in [-0.05, 0) is 59.7 Å². The average Bonchev–Trinajstić information content (AvgIpc) is 2.74. The summed E-state index contributed by atoms with van der Waals surface area (Å²) < 4.78 is 49.1. The number of hydrogen-bond acceptors (Lipinski definition) is 3. The maximum absolute atomic E-state index is 12.9. The summed E-state index contributed by atoms with van der Waals surface area (Å²) in [6.07, 6.45) is -4.35. The minimum absolute atomic E-state index is 0.543. The van der Waals surface area contributed by atoms with Gasteiger partial charge in [-0.25, -0.2) is 0 Å². The highest BCUT2D eigenvalue weighted by atomic mass is 19.4. The minimum atomic E-state index is -4.35. The number of ether oxygens (including phenoxy) is 2. The monoisotopic (exact) mass is 401 g/mol. The number of anilines is 1. The number of hydrogen-bond donors (Lipinski definition) is 0. The molecule has 0 radical (unpaired) electrons. The van der Waals surface area contributed by atoms with Crippen LogP contribution in [0.2, 0.25) is 0 Å². The van der Waals surface area contributed by atoms with Crippen LogP contribution in [-0.4, -0.2) is 14.2 Å². The summed E-state index contributed by atoms with van der Waals surface area (Å²) in [6.45, 7) is 1.09. The molecule has 0 heterocycles. The van der Waals surface area contributed by atoms with Crippen LogP contribution in [0, 0.1) is 0 Å². The second-order valence-electron chi connectivity index (χ2n) is 6.60. The quantitative estimate of drug-likeness (QED) is 0.490. The summed E-state index contributed by atoms with van der Waals surface area (Å²) in [4.78, 5) is 2.03. The van der Waals surface area contributed by atoms with Crippen molar-refractivity contribution in [2.24, 2.45) is 0 Å². The van der Waals surface area contributed by atoms with Gasteiger partial charge >= 0.3 is 6.18 Å². The van der Waals surface area contributed by atoms with Crippen molar-refractivity contribution in [1.29, 1.82) is 0 Å². The fourth-order valence-corrected chi connectivity index (χ4v) is 3.00. The molecule has 152 valence electrons. The first kappa shape index (κ1) is 20.6. The third-order valence-corrected chi connectivity index (χ3v) is 4.62. The zero-order valence-corrected chi connectivity index (χ0v) is 16.2. The molecule has 0 fully saturated rings. The van der Waals surface area contributed by atoms with Gasteiger partial charge in [-0.15, -0.1) is 0 Å². The maximum Gasteiger partial charge on any atom is 0.416 e. The molecule has 3 nitrogen and oxygen atoms in total. The van der Waals surface area contributed by atoms with Crippen LogP contribution in [0.5, 0.6) is 11.5 Å². The number of methoxy groups -OCH3 is 2. The Morgan fingerprint density at radius 1 is 0.655 bits per heavy atom. The maximum atomic E-state index is 12.9. The van der Waals surface area contributed by atoms with E-state index in [1.165, 1.54) is 12.1 Å². The first-order valence-electron chi connectivity index (χ1n) is 9.07. The van der Waals surface area contributed by atoms with E-state index in [2.05, 4.69) is 0 Å². The molecular weight excluding hydrogens is 379 g/mol. The number of rotatable bonds is 7. The van der Waals surface area contributed by atoms with Gasteiger partial charge in [0.15, 0.2) is 0 Å². The van der Waals surface area contributed by atoms with E-state index in [4.69, 9.17) is 9.47 Å². The molecule has 0 N–H and O–H groups in total. The molecule has 0 saturated carbocycles. The molecule has 3 aromatic rings. The van der Waals surface area contributed by atoms with Gasteiger partial charge in [0.2, 0.25) is 0 Å². The molecule has 0 atom stereocenters. The van der Waals surface area contributed by atoms with Crippen LogP contribution in [0.4, 0.5) is 18.9 Å². The molecule has 0 saturated heterocycles. The second-order valence-corrected chi connectivity index (χ2v) is 6.60. The van der Waals surface area contributed by atoms with Crippen LogP contribution in [0.15, 0.2) is 72.8 Å². The fourth-order valence-electron chi connectivity index (χ4n) is 3.00. The first-order chi connectivity index (χ1) is 13.9. The molecule has 0 unspecified atom stereocenters. The molecule has 0 amide bonds. The van der Waals surface area contributed by atoms with Gasteiger partial charge in [-0.3, -0.25) is 0 Å². The highest BCUT2D eigenvalue weighted by Crippen LogP contribution is 2.31. The normalized spacial score (nSPS) is 11.2. The van der Waals surface area contributed by atoms with Crippen LogP contribution in [0.3, 0.4) is 0 Å². The van der Waals surface area contributed by atoms with E-state index in [0.29, 0.717) is 18.8 Å². The van der Waals surface area contributed by atoms with E-state index in [1.54, 1.807) is 14.2 Å². The van der Waals surface area contributed by atoms with Crippen LogP contribution >= 0.6 is 0 Å². The molecule has 0 spiro atoms. The molecule has 0 aliphatic carbocycles. The lowest BCUT2D eigenvalue weighted by Gasteiger charge is -2.26. The van der Waals surface area contributed by atoms with Gasteiger partial charge in [0, 0.05) is 18.8 Å². The molecule has 3 aromatic carbocycles. The highest BCUT2D eigenvalue weighted by molar-refractivity contribution is 5.49. The van der Waals surface area contributed by atoms with Crippen molar-refractivity contribution in [1.82, 2.24) is 0 Å². The van der Waals surface area contributed by atoms with Gasteiger partial charge in [-0.1, -0.05) is 24.3 Å². The van der Waals surface area contributed by atoms with Gasteiger partial charge in [0.1, 0.15) is 11.5 Å². The Hall–Kier alpha value is -3.15.